The summed E-state index contributed by atoms with van der Waals surface area (Å²) in [6, 6.07) is 5.74. The molecular formula is C12H15ClO. The molecular weight excluding hydrogens is 196 g/mol. The van der Waals surface area contributed by atoms with Crippen molar-refractivity contribution >= 4 is 11.6 Å². The monoisotopic (exact) mass is 210 g/mol. The maximum atomic E-state index is 10.4. The Morgan fingerprint density at radius 1 is 1.43 bits per heavy atom. The lowest BCUT2D eigenvalue weighted by Gasteiger charge is -2.25. The van der Waals surface area contributed by atoms with Crippen LogP contribution in [0, 0.1) is 12.8 Å². The summed E-state index contributed by atoms with van der Waals surface area (Å²) in [7, 11) is 0. The second-order valence-corrected chi connectivity index (χ2v) is 4.74. The first-order chi connectivity index (χ1) is 6.53. The lowest BCUT2D eigenvalue weighted by molar-refractivity contribution is 0.0325. The largest absolute Gasteiger partial charge is 0.385 e. The summed E-state index contributed by atoms with van der Waals surface area (Å²) in [5.74, 6) is 0.416. The molecule has 0 saturated heterocycles. The molecule has 0 aromatic heterocycles. The molecule has 14 heavy (non-hydrogen) atoms. The molecule has 2 heteroatoms. The molecule has 1 fully saturated rings. The Bertz CT molecular complexity index is 353. The third-order valence-electron chi connectivity index (χ3n) is 3.19. The van der Waals surface area contributed by atoms with Crippen molar-refractivity contribution in [1.82, 2.24) is 0 Å². The van der Waals surface area contributed by atoms with Crippen LogP contribution in [0.3, 0.4) is 0 Å². The van der Waals surface area contributed by atoms with Crippen LogP contribution in [-0.2, 0) is 5.60 Å². The summed E-state index contributed by atoms with van der Waals surface area (Å²) in [5, 5.41) is 11.1. The zero-order chi connectivity index (χ0) is 10.3. The van der Waals surface area contributed by atoms with E-state index in [1.165, 1.54) is 0 Å². The quantitative estimate of drug-likeness (QED) is 0.795. The van der Waals surface area contributed by atoms with Crippen LogP contribution in [0.15, 0.2) is 18.2 Å². The molecule has 0 bridgehead atoms. The lowest BCUT2D eigenvalue weighted by atomic mass is 9.88. The van der Waals surface area contributed by atoms with Crippen LogP contribution in [0.25, 0.3) is 0 Å². The van der Waals surface area contributed by atoms with Crippen molar-refractivity contribution in [2.75, 3.05) is 0 Å². The Labute approximate surface area is 89.7 Å². The van der Waals surface area contributed by atoms with Gasteiger partial charge in [0.1, 0.15) is 0 Å². The van der Waals surface area contributed by atoms with Gasteiger partial charge in [0.25, 0.3) is 0 Å². The molecule has 1 N–H and O–H groups in total. The molecule has 76 valence electrons. The molecule has 0 spiro atoms. The smallest absolute Gasteiger partial charge is 0.0899 e. The van der Waals surface area contributed by atoms with E-state index in [0.717, 1.165) is 29.0 Å². The molecule has 1 nitrogen and oxygen atoms in total. The highest BCUT2D eigenvalue weighted by Crippen LogP contribution is 2.46. The maximum absolute atomic E-state index is 10.4. The third kappa shape index (κ3) is 1.55. The van der Waals surface area contributed by atoms with Gasteiger partial charge in [0.2, 0.25) is 0 Å². The summed E-state index contributed by atoms with van der Waals surface area (Å²) < 4.78 is 0. The van der Waals surface area contributed by atoms with E-state index in [-0.39, 0.29) is 0 Å². The van der Waals surface area contributed by atoms with Gasteiger partial charge >= 0.3 is 0 Å². The molecule has 1 aromatic rings. The van der Waals surface area contributed by atoms with Gasteiger partial charge in [0, 0.05) is 5.02 Å². The number of rotatable bonds is 2. The molecule has 0 aliphatic heterocycles. The van der Waals surface area contributed by atoms with Gasteiger partial charge in [-0.15, -0.1) is 0 Å². The van der Waals surface area contributed by atoms with Crippen molar-refractivity contribution in [2.45, 2.75) is 32.3 Å². The minimum Gasteiger partial charge on any atom is -0.385 e. The number of halogens is 1. The summed E-state index contributed by atoms with van der Waals surface area (Å²) in [6.45, 7) is 3.86. The lowest BCUT2D eigenvalue weighted by Crippen LogP contribution is -2.24. The Morgan fingerprint density at radius 2 is 2.07 bits per heavy atom. The van der Waals surface area contributed by atoms with Crippen LogP contribution in [0.4, 0.5) is 0 Å². The molecule has 1 aromatic carbocycles. The summed E-state index contributed by atoms with van der Waals surface area (Å²) >= 11 is 6.03. The highest BCUT2D eigenvalue weighted by Gasteiger charge is 2.41. The molecule has 1 atom stereocenters. The van der Waals surface area contributed by atoms with Crippen molar-refractivity contribution in [2.24, 2.45) is 5.92 Å². The van der Waals surface area contributed by atoms with E-state index in [2.05, 4.69) is 0 Å². The number of benzene rings is 1. The molecule has 0 amide bonds. The van der Waals surface area contributed by atoms with Crippen LogP contribution < -0.4 is 0 Å². The Kier molecular flexibility index (Phi) is 2.32. The predicted octanol–water partition coefficient (Wildman–Crippen LogP) is 3.27. The maximum Gasteiger partial charge on any atom is 0.0899 e. The minimum atomic E-state index is -0.699. The second kappa shape index (κ2) is 3.25. The molecule has 1 aliphatic carbocycles. The average Bonchev–Trinajstić information content (AvgIpc) is 2.92. The fraction of sp³-hybridized carbons (Fsp3) is 0.500. The van der Waals surface area contributed by atoms with Gasteiger partial charge in [0.05, 0.1) is 5.60 Å². The molecule has 2 rings (SSSR count). The van der Waals surface area contributed by atoms with Crippen molar-refractivity contribution in [3.05, 3.63) is 34.3 Å². The van der Waals surface area contributed by atoms with Crippen LogP contribution in [0.5, 0.6) is 0 Å². The number of hydrogen-bond donors (Lipinski definition) is 1. The zero-order valence-corrected chi connectivity index (χ0v) is 9.30. The molecule has 0 radical (unpaired) electrons. The zero-order valence-electron chi connectivity index (χ0n) is 8.55. The Morgan fingerprint density at radius 3 is 2.64 bits per heavy atom. The fourth-order valence-electron chi connectivity index (χ4n) is 2.02. The third-order valence-corrected chi connectivity index (χ3v) is 3.59. The van der Waals surface area contributed by atoms with Crippen molar-refractivity contribution in [1.29, 1.82) is 0 Å². The van der Waals surface area contributed by atoms with Gasteiger partial charge in [0.15, 0.2) is 0 Å². The SMILES string of the molecule is Cc1c(Cl)cccc1[C@@](C)(O)C1CC1. The number of hydrogen-bond acceptors (Lipinski definition) is 1. The molecule has 0 heterocycles. The van der Waals surface area contributed by atoms with E-state index < -0.39 is 5.60 Å². The highest BCUT2D eigenvalue weighted by molar-refractivity contribution is 6.31. The highest BCUT2D eigenvalue weighted by atomic mass is 35.5. The van der Waals surface area contributed by atoms with Crippen molar-refractivity contribution in [3.8, 4) is 0 Å². The van der Waals surface area contributed by atoms with E-state index in [0.29, 0.717) is 5.92 Å². The fourth-order valence-corrected chi connectivity index (χ4v) is 2.20. The normalized spacial score (nSPS) is 20.6. The standard InChI is InChI=1S/C12H15ClO/c1-8-10(4-3-5-11(8)13)12(2,14)9-6-7-9/h3-5,9,14H,6-7H2,1-2H3/t12-/m0/s1. The first kappa shape index (κ1) is 10.0. The summed E-state index contributed by atoms with van der Waals surface area (Å²) in [4.78, 5) is 0. The van der Waals surface area contributed by atoms with E-state index in [4.69, 9.17) is 11.6 Å². The van der Waals surface area contributed by atoms with Crippen LogP contribution in [0.2, 0.25) is 5.02 Å². The van der Waals surface area contributed by atoms with Gasteiger partial charge in [-0.3, -0.25) is 0 Å². The predicted molar refractivity (Wildman–Crippen MR) is 58.5 cm³/mol. The topological polar surface area (TPSA) is 20.2 Å². The van der Waals surface area contributed by atoms with Crippen molar-refractivity contribution < 1.29 is 5.11 Å². The molecule has 1 aliphatic rings. The van der Waals surface area contributed by atoms with Gasteiger partial charge in [-0.25, -0.2) is 0 Å². The van der Waals surface area contributed by atoms with E-state index in [1.54, 1.807) is 0 Å². The van der Waals surface area contributed by atoms with Gasteiger partial charge in [-0.1, -0.05) is 23.7 Å². The average molecular weight is 211 g/mol. The molecule has 1 saturated carbocycles. The van der Waals surface area contributed by atoms with Crippen LogP contribution in [0.1, 0.15) is 30.9 Å². The summed E-state index contributed by atoms with van der Waals surface area (Å²) in [6.07, 6.45) is 2.25. The van der Waals surface area contributed by atoms with Gasteiger partial charge in [-0.05, 0) is 49.8 Å². The number of aliphatic hydroxyl groups is 1. The van der Waals surface area contributed by atoms with E-state index in [1.807, 2.05) is 32.0 Å². The van der Waals surface area contributed by atoms with Crippen molar-refractivity contribution in [3.63, 3.8) is 0 Å². The second-order valence-electron chi connectivity index (χ2n) is 4.33. The van der Waals surface area contributed by atoms with E-state index >= 15 is 0 Å². The summed E-state index contributed by atoms with van der Waals surface area (Å²) in [5.41, 5.74) is 1.29. The van der Waals surface area contributed by atoms with Gasteiger partial charge in [-0.2, -0.15) is 0 Å². The first-order valence-corrected chi connectivity index (χ1v) is 5.39. The first-order valence-electron chi connectivity index (χ1n) is 5.01. The Balaban J connectivity index is 2.44. The van der Waals surface area contributed by atoms with Crippen LogP contribution >= 0.6 is 11.6 Å². The minimum absolute atomic E-state index is 0.416. The van der Waals surface area contributed by atoms with Crippen LogP contribution in [-0.4, -0.2) is 5.11 Å². The molecule has 0 unspecified atom stereocenters. The Hall–Kier alpha value is -0.530. The van der Waals surface area contributed by atoms with E-state index in [9.17, 15) is 5.11 Å². The van der Waals surface area contributed by atoms with Gasteiger partial charge < -0.3 is 5.11 Å².